The van der Waals surface area contributed by atoms with Crippen molar-refractivity contribution in [3.8, 4) is 0 Å². The van der Waals surface area contributed by atoms with Gasteiger partial charge in [0.2, 0.25) is 0 Å². The lowest BCUT2D eigenvalue weighted by Crippen LogP contribution is -2.08. The minimum Gasteiger partial charge on any atom is -0.294 e. The lowest BCUT2D eigenvalue weighted by atomic mass is 10.0. The Morgan fingerprint density at radius 2 is 2.08 bits per heavy atom. The molecular formula is C10H10BrFO. The second kappa shape index (κ2) is 4.01. The maximum absolute atomic E-state index is 13.0. The van der Waals surface area contributed by atoms with Crippen LogP contribution in [0.3, 0.4) is 0 Å². The third-order valence-corrected chi connectivity index (χ3v) is 2.55. The maximum atomic E-state index is 13.0. The molecule has 70 valence electrons. The van der Waals surface area contributed by atoms with Gasteiger partial charge in [-0.05, 0) is 22.0 Å². The molecular weight excluding hydrogens is 235 g/mol. The topological polar surface area (TPSA) is 17.1 Å². The van der Waals surface area contributed by atoms with E-state index in [1.807, 2.05) is 0 Å². The quantitative estimate of drug-likeness (QED) is 0.729. The highest BCUT2D eigenvalue weighted by molar-refractivity contribution is 9.10. The molecule has 1 aromatic carbocycles. The van der Waals surface area contributed by atoms with E-state index in [0.717, 1.165) is 0 Å². The van der Waals surface area contributed by atoms with E-state index in [-0.39, 0.29) is 16.2 Å². The van der Waals surface area contributed by atoms with E-state index in [2.05, 4.69) is 15.9 Å². The molecule has 0 amide bonds. The molecule has 0 aliphatic rings. The highest BCUT2D eigenvalue weighted by Gasteiger charge is 2.15. The Hall–Kier alpha value is -0.700. The molecule has 0 radical (unpaired) electrons. The SMILES string of the molecule is CC(C)C(=O)c1cccc(F)c1Br. The summed E-state index contributed by atoms with van der Waals surface area (Å²) in [6.07, 6.45) is 0. The molecule has 0 bridgehead atoms. The van der Waals surface area contributed by atoms with Crippen LogP contribution in [0.2, 0.25) is 0 Å². The second-order valence-corrected chi connectivity index (χ2v) is 3.91. The molecule has 1 nitrogen and oxygen atoms in total. The Labute approximate surface area is 85.1 Å². The first-order valence-corrected chi connectivity index (χ1v) is 4.81. The number of carbonyl (C=O) groups excluding carboxylic acids is 1. The van der Waals surface area contributed by atoms with Crippen molar-refractivity contribution in [1.82, 2.24) is 0 Å². The summed E-state index contributed by atoms with van der Waals surface area (Å²) in [5.41, 5.74) is 0.412. The predicted octanol–water partition coefficient (Wildman–Crippen LogP) is 3.43. The molecule has 1 aromatic rings. The Morgan fingerprint density at radius 3 is 2.62 bits per heavy atom. The molecule has 0 spiro atoms. The highest BCUT2D eigenvalue weighted by Crippen LogP contribution is 2.22. The van der Waals surface area contributed by atoms with Crippen LogP contribution >= 0.6 is 15.9 Å². The normalized spacial score (nSPS) is 10.5. The van der Waals surface area contributed by atoms with Crippen molar-refractivity contribution in [2.75, 3.05) is 0 Å². The fraction of sp³-hybridized carbons (Fsp3) is 0.300. The zero-order chi connectivity index (χ0) is 10.0. The summed E-state index contributed by atoms with van der Waals surface area (Å²) in [6.45, 7) is 3.58. The van der Waals surface area contributed by atoms with Gasteiger partial charge in [-0.2, -0.15) is 0 Å². The molecule has 0 heterocycles. The smallest absolute Gasteiger partial charge is 0.166 e. The predicted molar refractivity (Wildman–Crippen MR) is 53.3 cm³/mol. The van der Waals surface area contributed by atoms with Crippen LogP contribution in [0.1, 0.15) is 24.2 Å². The van der Waals surface area contributed by atoms with Crippen LogP contribution in [-0.4, -0.2) is 5.78 Å². The van der Waals surface area contributed by atoms with Gasteiger partial charge in [0.25, 0.3) is 0 Å². The fourth-order valence-corrected chi connectivity index (χ4v) is 1.46. The van der Waals surface area contributed by atoms with Crippen molar-refractivity contribution in [2.24, 2.45) is 5.92 Å². The highest BCUT2D eigenvalue weighted by atomic mass is 79.9. The zero-order valence-electron chi connectivity index (χ0n) is 7.47. The van der Waals surface area contributed by atoms with E-state index in [0.29, 0.717) is 5.56 Å². The molecule has 0 N–H and O–H groups in total. The van der Waals surface area contributed by atoms with Crippen molar-refractivity contribution < 1.29 is 9.18 Å². The van der Waals surface area contributed by atoms with Crippen LogP contribution in [0, 0.1) is 11.7 Å². The van der Waals surface area contributed by atoms with Crippen molar-refractivity contribution in [1.29, 1.82) is 0 Å². The molecule has 0 atom stereocenters. The third kappa shape index (κ3) is 2.15. The first-order valence-electron chi connectivity index (χ1n) is 4.02. The zero-order valence-corrected chi connectivity index (χ0v) is 9.06. The van der Waals surface area contributed by atoms with Gasteiger partial charge in [-0.3, -0.25) is 4.79 Å². The van der Waals surface area contributed by atoms with Crippen molar-refractivity contribution in [2.45, 2.75) is 13.8 Å². The second-order valence-electron chi connectivity index (χ2n) is 3.12. The standard InChI is InChI=1S/C10H10BrFO/c1-6(2)10(13)7-4-3-5-8(12)9(7)11/h3-6H,1-2H3. The number of rotatable bonds is 2. The first-order chi connectivity index (χ1) is 6.04. The maximum Gasteiger partial charge on any atom is 0.166 e. The number of benzene rings is 1. The molecule has 0 fully saturated rings. The number of halogens is 2. The first kappa shape index (κ1) is 10.4. The number of hydrogen-bond donors (Lipinski definition) is 0. The van der Waals surface area contributed by atoms with E-state index in [1.54, 1.807) is 19.9 Å². The summed E-state index contributed by atoms with van der Waals surface area (Å²) in [6, 6.07) is 4.48. The minimum absolute atomic E-state index is 0.0497. The van der Waals surface area contributed by atoms with Crippen LogP contribution < -0.4 is 0 Å². The van der Waals surface area contributed by atoms with Gasteiger partial charge in [-0.1, -0.05) is 26.0 Å². The van der Waals surface area contributed by atoms with Crippen LogP contribution in [0.25, 0.3) is 0 Å². The minimum atomic E-state index is -0.397. The number of ketones is 1. The van der Waals surface area contributed by atoms with Crippen molar-refractivity contribution in [3.63, 3.8) is 0 Å². The largest absolute Gasteiger partial charge is 0.294 e. The van der Waals surface area contributed by atoms with E-state index in [9.17, 15) is 9.18 Å². The van der Waals surface area contributed by atoms with Gasteiger partial charge in [0.15, 0.2) is 5.78 Å². The van der Waals surface area contributed by atoms with Gasteiger partial charge in [0.1, 0.15) is 5.82 Å². The number of hydrogen-bond acceptors (Lipinski definition) is 1. The fourth-order valence-electron chi connectivity index (χ4n) is 1.01. The van der Waals surface area contributed by atoms with Gasteiger partial charge in [0.05, 0.1) is 4.47 Å². The molecule has 0 unspecified atom stereocenters. The average Bonchev–Trinajstić information content (AvgIpc) is 2.08. The molecule has 13 heavy (non-hydrogen) atoms. The van der Waals surface area contributed by atoms with Crippen LogP contribution in [-0.2, 0) is 0 Å². The Kier molecular flexibility index (Phi) is 3.20. The van der Waals surface area contributed by atoms with Crippen LogP contribution in [0.4, 0.5) is 4.39 Å². The number of carbonyl (C=O) groups is 1. The van der Waals surface area contributed by atoms with E-state index in [4.69, 9.17) is 0 Å². The van der Waals surface area contributed by atoms with E-state index in [1.165, 1.54) is 12.1 Å². The van der Waals surface area contributed by atoms with Crippen LogP contribution in [0.5, 0.6) is 0 Å². The summed E-state index contributed by atoms with van der Waals surface area (Å²) in [5.74, 6) is -0.559. The Bertz CT molecular complexity index is 334. The summed E-state index contributed by atoms with van der Waals surface area (Å²) in [4.78, 5) is 11.5. The van der Waals surface area contributed by atoms with Gasteiger partial charge < -0.3 is 0 Å². The molecule has 3 heteroatoms. The van der Waals surface area contributed by atoms with E-state index >= 15 is 0 Å². The summed E-state index contributed by atoms with van der Waals surface area (Å²) >= 11 is 3.05. The number of Topliss-reactive ketones (excluding diaryl/α,β-unsaturated/α-hetero) is 1. The van der Waals surface area contributed by atoms with Crippen LogP contribution in [0.15, 0.2) is 22.7 Å². The summed E-state index contributed by atoms with van der Waals surface area (Å²) < 4.78 is 13.3. The molecule has 0 saturated carbocycles. The summed E-state index contributed by atoms with van der Waals surface area (Å²) in [7, 11) is 0. The molecule has 0 aliphatic carbocycles. The van der Waals surface area contributed by atoms with Crippen molar-refractivity contribution in [3.05, 3.63) is 34.1 Å². The molecule has 0 saturated heterocycles. The summed E-state index contributed by atoms with van der Waals surface area (Å²) in [5, 5.41) is 0. The molecule has 0 aromatic heterocycles. The Balaban J connectivity index is 3.15. The average molecular weight is 245 g/mol. The molecule has 0 aliphatic heterocycles. The van der Waals surface area contributed by atoms with Gasteiger partial charge >= 0.3 is 0 Å². The van der Waals surface area contributed by atoms with Gasteiger partial charge in [-0.25, -0.2) is 4.39 Å². The van der Waals surface area contributed by atoms with Gasteiger partial charge in [0, 0.05) is 11.5 Å². The third-order valence-electron chi connectivity index (χ3n) is 1.74. The van der Waals surface area contributed by atoms with Crippen molar-refractivity contribution >= 4 is 21.7 Å². The molecule has 1 rings (SSSR count). The lowest BCUT2D eigenvalue weighted by molar-refractivity contribution is 0.0938. The Morgan fingerprint density at radius 1 is 1.46 bits per heavy atom. The van der Waals surface area contributed by atoms with Gasteiger partial charge in [-0.15, -0.1) is 0 Å². The lowest BCUT2D eigenvalue weighted by Gasteiger charge is -2.06. The van der Waals surface area contributed by atoms with E-state index < -0.39 is 5.82 Å². The monoisotopic (exact) mass is 244 g/mol.